The molecule has 1 nitrogen and oxygen atoms in total. The summed E-state index contributed by atoms with van der Waals surface area (Å²) >= 11 is 0. The second kappa shape index (κ2) is 7.20. The number of benzene rings is 2. The lowest BCUT2D eigenvalue weighted by atomic mass is 9.97. The van der Waals surface area contributed by atoms with E-state index in [0.29, 0.717) is 5.92 Å². The van der Waals surface area contributed by atoms with E-state index >= 15 is 0 Å². The minimum absolute atomic E-state index is 0.0409. The highest BCUT2D eigenvalue weighted by Crippen LogP contribution is 2.19. The fourth-order valence-corrected chi connectivity index (χ4v) is 2.40. The summed E-state index contributed by atoms with van der Waals surface area (Å²) in [5.74, 6) is 0.375. The summed E-state index contributed by atoms with van der Waals surface area (Å²) in [6.45, 7) is 5.11. The molecular formula is C18H22FN. The molecular weight excluding hydrogens is 249 g/mol. The molecule has 0 aliphatic carbocycles. The third-order valence-electron chi connectivity index (χ3n) is 3.77. The SMILES string of the molecule is CC(CCNC(C)c1ccccc1F)c1ccccc1. The number of hydrogen-bond donors (Lipinski definition) is 1. The van der Waals surface area contributed by atoms with Crippen LogP contribution in [-0.4, -0.2) is 6.54 Å². The molecule has 0 saturated heterocycles. The normalized spacial score (nSPS) is 13.9. The Morgan fingerprint density at radius 3 is 2.30 bits per heavy atom. The highest BCUT2D eigenvalue weighted by molar-refractivity contribution is 5.21. The highest BCUT2D eigenvalue weighted by Gasteiger charge is 2.10. The average molecular weight is 271 g/mol. The van der Waals surface area contributed by atoms with E-state index in [0.717, 1.165) is 18.5 Å². The van der Waals surface area contributed by atoms with Gasteiger partial charge in [-0.2, -0.15) is 0 Å². The molecule has 1 N–H and O–H groups in total. The largest absolute Gasteiger partial charge is 0.310 e. The van der Waals surface area contributed by atoms with Crippen molar-refractivity contribution < 1.29 is 4.39 Å². The zero-order valence-corrected chi connectivity index (χ0v) is 12.1. The average Bonchev–Trinajstić information content (AvgIpc) is 2.48. The van der Waals surface area contributed by atoms with Crippen molar-refractivity contribution in [1.29, 1.82) is 0 Å². The maximum absolute atomic E-state index is 13.7. The number of hydrogen-bond acceptors (Lipinski definition) is 1. The molecule has 0 amide bonds. The second-order valence-corrected chi connectivity index (χ2v) is 5.30. The van der Waals surface area contributed by atoms with Gasteiger partial charge in [0.2, 0.25) is 0 Å². The van der Waals surface area contributed by atoms with Gasteiger partial charge in [0.05, 0.1) is 0 Å². The molecule has 20 heavy (non-hydrogen) atoms. The first-order valence-corrected chi connectivity index (χ1v) is 7.21. The Labute approximate surface area is 120 Å². The molecule has 0 heterocycles. The van der Waals surface area contributed by atoms with Crippen LogP contribution in [0, 0.1) is 5.82 Å². The first kappa shape index (κ1) is 14.7. The number of halogens is 1. The molecule has 0 aromatic heterocycles. The molecule has 0 fully saturated rings. The van der Waals surface area contributed by atoms with Crippen LogP contribution < -0.4 is 5.32 Å². The number of nitrogens with one attached hydrogen (secondary N) is 1. The van der Waals surface area contributed by atoms with Crippen molar-refractivity contribution in [2.75, 3.05) is 6.54 Å². The molecule has 2 heteroatoms. The lowest BCUT2D eigenvalue weighted by Gasteiger charge is -2.17. The van der Waals surface area contributed by atoms with Gasteiger partial charge in [0.15, 0.2) is 0 Å². The summed E-state index contributed by atoms with van der Waals surface area (Å²) in [4.78, 5) is 0. The Morgan fingerprint density at radius 1 is 0.950 bits per heavy atom. The molecule has 0 spiro atoms. The Balaban J connectivity index is 1.83. The monoisotopic (exact) mass is 271 g/mol. The van der Waals surface area contributed by atoms with Gasteiger partial charge in [0.25, 0.3) is 0 Å². The van der Waals surface area contributed by atoms with Crippen LogP contribution in [0.3, 0.4) is 0 Å². The van der Waals surface area contributed by atoms with Crippen LogP contribution in [0.4, 0.5) is 4.39 Å². The summed E-state index contributed by atoms with van der Waals surface area (Å²) in [6, 6.07) is 17.5. The standard InChI is InChI=1S/C18H22FN/c1-14(16-8-4-3-5-9-16)12-13-20-15(2)17-10-6-7-11-18(17)19/h3-11,14-15,20H,12-13H2,1-2H3. The van der Waals surface area contributed by atoms with Gasteiger partial charge in [-0.1, -0.05) is 55.5 Å². The highest BCUT2D eigenvalue weighted by atomic mass is 19.1. The van der Waals surface area contributed by atoms with Crippen LogP contribution in [-0.2, 0) is 0 Å². The zero-order chi connectivity index (χ0) is 14.4. The van der Waals surface area contributed by atoms with Crippen molar-refractivity contribution in [2.45, 2.75) is 32.2 Å². The van der Waals surface area contributed by atoms with Crippen LogP contribution in [0.25, 0.3) is 0 Å². The molecule has 0 saturated carbocycles. The van der Waals surface area contributed by atoms with E-state index in [2.05, 4.69) is 36.5 Å². The Hall–Kier alpha value is -1.67. The third-order valence-corrected chi connectivity index (χ3v) is 3.77. The summed E-state index contributed by atoms with van der Waals surface area (Å²) in [6.07, 6.45) is 1.04. The van der Waals surface area contributed by atoms with Gasteiger partial charge < -0.3 is 5.32 Å². The van der Waals surface area contributed by atoms with Gasteiger partial charge in [-0.15, -0.1) is 0 Å². The summed E-state index contributed by atoms with van der Waals surface area (Å²) < 4.78 is 13.7. The van der Waals surface area contributed by atoms with Crippen LogP contribution in [0.15, 0.2) is 54.6 Å². The van der Waals surface area contributed by atoms with Gasteiger partial charge in [-0.3, -0.25) is 0 Å². The van der Waals surface area contributed by atoms with Gasteiger partial charge in [-0.05, 0) is 37.4 Å². The number of rotatable bonds is 6. The second-order valence-electron chi connectivity index (χ2n) is 5.30. The van der Waals surface area contributed by atoms with E-state index in [1.165, 1.54) is 11.6 Å². The maximum atomic E-state index is 13.7. The molecule has 2 atom stereocenters. The van der Waals surface area contributed by atoms with Gasteiger partial charge in [-0.25, -0.2) is 4.39 Å². The quantitative estimate of drug-likeness (QED) is 0.805. The fraction of sp³-hybridized carbons (Fsp3) is 0.333. The Bertz CT molecular complexity index is 524. The first-order chi connectivity index (χ1) is 9.68. The smallest absolute Gasteiger partial charge is 0.127 e. The lowest BCUT2D eigenvalue weighted by Crippen LogP contribution is -2.21. The van der Waals surface area contributed by atoms with Crippen LogP contribution in [0.2, 0.25) is 0 Å². The third kappa shape index (κ3) is 3.91. The van der Waals surface area contributed by atoms with E-state index < -0.39 is 0 Å². The van der Waals surface area contributed by atoms with Crippen LogP contribution >= 0.6 is 0 Å². The molecule has 2 aromatic rings. The van der Waals surface area contributed by atoms with E-state index in [9.17, 15) is 4.39 Å². The van der Waals surface area contributed by atoms with E-state index in [-0.39, 0.29) is 11.9 Å². The summed E-state index contributed by atoms with van der Waals surface area (Å²) in [5, 5.41) is 3.40. The van der Waals surface area contributed by atoms with Crippen LogP contribution in [0.5, 0.6) is 0 Å². The minimum Gasteiger partial charge on any atom is -0.310 e. The molecule has 106 valence electrons. The lowest BCUT2D eigenvalue weighted by molar-refractivity contribution is 0.506. The Morgan fingerprint density at radius 2 is 1.60 bits per heavy atom. The minimum atomic E-state index is -0.136. The summed E-state index contributed by atoms with van der Waals surface area (Å²) in [5.41, 5.74) is 2.09. The molecule has 0 aliphatic rings. The van der Waals surface area contributed by atoms with Gasteiger partial charge in [0, 0.05) is 11.6 Å². The van der Waals surface area contributed by atoms with E-state index in [1.807, 2.05) is 25.1 Å². The molecule has 0 radical (unpaired) electrons. The first-order valence-electron chi connectivity index (χ1n) is 7.21. The molecule has 2 aromatic carbocycles. The molecule has 0 bridgehead atoms. The van der Waals surface area contributed by atoms with Crippen molar-refractivity contribution in [2.24, 2.45) is 0 Å². The van der Waals surface area contributed by atoms with Crippen molar-refractivity contribution in [3.8, 4) is 0 Å². The van der Waals surface area contributed by atoms with Gasteiger partial charge >= 0.3 is 0 Å². The van der Waals surface area contributed by atoms with E-state index in [1.54, 1.807) is 6.07 Å². The van der Waals surface area contributed by atoms with E-state index in [4.69, 9.17) is 0 Å². The molecule has 0 aliphatic heterocycles. The molecule has 2 rings (SSSR count). The zero-order valence-electron chi connectivity index (χ0n) is 12.1. The van der Waals surface area contributed by atoms with Crippen molar-refractivity contribution in [3.05, 3.63) is 71.5 Å². The van der Waals surface area contributed by atoms with Crippen molar-refractivity contribution in [1.82, 2.24) is 5.32 Å². The fourth-order valence-electron chi connectivity index (χ4n) is 2.40. The topological polar surface area (TPSA) is 12.0 Å². The Kier molecular flexibility index (Phi) is 5.31. The van der Waals surface area contributed by atoms with Crippen molar-refractivity contribution >= 4 is 0 Å². The van der Waals surface area contributed by atoms with Crippen LogP contribution in [0.1, 0.15) is 43.4 Å². The predicted octanol–water partition coefficient (Wildman–Crippen LogP) is 4.67. The van der Waals surface area contributed by atoms with Crippen molar-refractivity contribution in [3.63, 3.8) is 0 Å². The summed E-state index contributed by atoms with van der Waals surface area (Å²) in [7, 11) is 0. The predicted molar refractivity (Wildman–Crippen MR) is 82.3 cm³/mol. The molecule has 2 unspecified atom stereocenters. The maximum Gasteiger partial charge on any atom is 0.127 e. The van der Waals surface area contributed by atoms with Gasteiger partial charge in [0.1, 0.15) is 5.82 Å².